The lowest BCUT2D eigenvalue weighted by Crippen LogP contribution is -2.11. The van der Waals surface area contributed by atoms with E-state index < -0.39 is 18.5 Å². The fraction of sp³-hybridized carbons (Fsp3) is 0.222. The zero-order valence-corrected chi connectivity index (χ0v) is 17.8. The Morgan fingerprint density at radius 1 is 1.43 bits per heavy atom. The van der Waals surface area contributed by atoms with Crippen LogP contribution in [-0.4, -0.2) is 40.1 Å². The highest BCUT2D eigenvalue weighted by atomic mass is 79.9. The first-order valence-electron chi connectivity index (χ1n) is 8.13. The molecule has 1 aliphatic rings. The van der Waals surface area contributed by atoms with Gasteiger partial charge in [-0.2, -0.15) is 0 Å². The Hall–Kier alpha value is -2.17. The van der Waals surface area contributed by atoms with Crippen LogP contribution in [0.4, 0.5) is 0 Å². The Morgan fingerprint density at radius 2 is 2.21 bits per heavy atom. The average molecular weight is 483 g/mol. The van der Waals surface area contributed by atoms with Crippen LogP contribution in [0.5, 0.6) is 11.5 Å². The summed E-state index contributed by atoms with van der Waals surface area (Å²) in [5.74, 6) is -1.26. The van der Waals surface area contributed by atoms with E-state index in [4.69, 9.17) is 20.0 Å². The summed E-state index contributed by atoms with van der Waals surface area (Å²) in [6.45, 7) is 1.66. The van der Waals surface area contributed by atoms with Gasteiger partial charge < -0.3 is 14.6 Å². The number of nitrogens with zero attached hydrogens (tertiary/aromatic N) is 1. The number of thiazole rings is 1. The van der Waals surface area contributed by atoms with E-state index in [1.54, 1.807) is 36.7 Å². The summed E-state index contributed by atoms with van der Waals surface area (Å²) < 4.78 is 11.4. The van der Waals surface area contributed by atoms with Crippen molar-refractivity contribution in [3.8, 4) is 11.5 Å². The van der Waals surface area contributed by atoms with Crippen LogP contribution >= 0.6 is 39.0 Å². The Morgan fingerprint density at radius 3 is 2.86 bits per heavy atom. The van der Waals surface area contributed by atoms with E-state index in [2.05, 4.69) is 20.9 Å². The molecule has 2 N–H and O–H groups in total. The molecule has 1 aromatic heterocycles. The summed E-state index contributed by atoms with van der Waals surface area (Å²) in [4.78, 5) is 28.2. The molecule has 2 aromatic rings. The van der Waals surface area contributed by atoms with Gasteiger partial charge in [-0.25, -0.2) is 9.78 Å². The molecule has 7 nitrogen and oxygen atoms in total. The number of carboxylic acid groups (broad SMARTS) is 1. The minimum atomic E-state index is -1.10. The molecule has 146 valence electrons. The number of nitrogens with one attached hydrogen (secondary N) is 1. The van der Waals surface area contributed by atoms with Crippen molar-refractivity contribution in [2.24, 2.45) is 0 Å². The first-order valence-corrected chi connectivity index (χ1v) is 10.6. The highest BCUT2D eigenvalue weighted by Gasteiger charge is 2.38. The molecule has 0 aliphatic carbocycles. The van der Waals surface area contributed by atoms with E-state index in [1.807, 2.05) is 0 Å². The van der Waals surface area contributed by atoms with Crippen LogP contribution in [-0.2, 0) is 9.59 Å². The molecular weight excluding hydrogens is 468 g/mol. The number of aliphatic carboxylic acids is 1. The maximum atomic E-state index is 12.8. The molecule has 1 fully saturated rings. The third-order valence-corrected chi connectivity index (χ3v) is 6.08. The molecule has 1 atom stereocenters. The molecule has 0 amide bonds. The Bertz CT molecular complexity index is 959. The Balaban J connectivity index is 1.92. The predicted molar refractivity (Wildman–Crippen MR) is 112 cm³/mol. The number of hydrogen-bond acceptors (Lipinski definition) is 8. The van der Waals surface area contributed by atoms with Gasteiger partial charge >= 0.3 is 5.97 Å². The summed E-state index contributed by atoms with van der Waals surface area (Å²) in [6, 6.07) is 3.38. The van der Waals surface area contributed by atoms with Gasteiger partial charge in [0.2, 0.25) is 0 Å². The minimum Gasteiger partial charge on any atom is -0.490 e. The van der Waals surface area contributed by atoms with E-state index in [0.717, 1.165) is 11.8 Å². The highest BCUT2D eigenvalue weighted by Crippen LogP contribution is 2.43. The van der Waals surface area contributed by atoms with E-state index in [9.17, 15) is 9.59 Å². The predicted octanol–water partition coefficient (Wildman–Crippen LogP) is 4.19. The van der Waals surface area contributed by atoms with Crippen LogP contribution in [0.15, 0.2) is 33.1 Å². The van der Waals surface area contributed by atoms with Crippen LogP contribution < -0.4 is 9.47 Å². The molecular formula is C18H15BrN2O5S2. The lowest BCUT2D eigenvalue weighted by molar-refractivity contribution is -0.139. The number of thioether (sulfide) groups is 1. The number of carboxylic acids is 1. The van der Waals surface area contributed by atoms with Crippen molar-refractivity contribution in [3.05, 3.63) is 43.7 Å². The minimum absolute atomic E-state index is 0.162. The molecule has 28 heavy (non-hydrogen) atoms. The first-order chi connectivity index (χ1) is 13.4. The number of ether oxygens (including phenoxy) is 2. The molecule has 2 heterocycles. The fourth-order valence-corrected chi connectivity index (χ4v) is 4.93. The van der Waals surface area contributed by atoms with Gasteiger partial charge in [-0.15, -0.1) is 11.3 Å². The number of carbonyl (C=O) groups excluding carboxylic acids is 1. The van der Waals surface area contributed by atoms with Crippen molar-refractivity contribution < 1.29 is 24.2 Å². The van der Waals surface area contributed by atoms with E-state index in [0.29, 0.717) is 32.3 Å². The number of halogens is 1. The largest absolute Gasteiger partial charge is 0.490 e. The van der Waals surface area contributed by atoms with Crippen molar-refractivity contribution >= 4 is 61.9 Å². The van der Waals surface area contributed by atoms with Gasteiger partial charge in [-0.1, -0.05) is 11.8 Å². The second-order valence-corrected chi connectivity index (χ2v) is 8.45. The normalized spacial score (nSPS) is 17.9. The van der Waals surface area contributed by atoms with Gasteiger partial charge in [0, 0.05) is 11.6 Å². The molecule has 3 rings (SSSR count). The van der Waals surface area contributed by atoms with Crippen molar-refractivity contribution in [2.45, 2.75) is 12.8 Å². The molecule has 1 aliphatic heterocycles. The quantitative estimate of drug-likeness (QED) is 0.569. The van der Waals surface area contributed by atoms with Gasteiger partial charge in [0.1, 0.15) is 10.9 Å². The Labute approximate surface area is 177 Å². The number of benzene rings is 1. The zero-order chi connectivity index (χ0) is 20.3. The standard InChI is InChI=1S/C18H15BrN2O5S2/c1-2-25-11-6-9(5-10(19)16(11)26-8-13(22)23)7-12-15(24)14(17(20)28-12)18-21-3-4-27-18/h3-7,14,20H,2,8H2,1H3,(H,22,23)/b12-7-,20-17?/t14-/m1/s1. The summed E-state index contributed by atoms with van der Waals surface area (Å²) in [6.07, 6.45) is 3.30. The molecule has 10 heteroatoms. The number of ketones is 1. The third-order valence-electron chi connectivity index (χ3n) is 3.65. The van der Waals surface area contributed by atoms with Gasteiger partial charge in [-0.05, 0) is 46.6 Å². The van der Waals surface area contributed by atoms with Crippen LogP contribution in [0, 0.1) is 5.41 Å². The number of Topliss-reactive ketones (excluding diaryl/α,β-unsaturated/α-hetero) is 1. The second kappa shape index (κ2) is 8.89. The number of aromatic nitrogens is 1. The van der Waals surface area contributed by atoms with E-state index in [1.165, 1.54) is 11.3 Å². The third kappa shape index (κ3) is 4.45. The zero-order valence-electron chi connectivity index (χ0n) is 14.6. The monoisotopic (exact) mass is 482 g/mol. The summed E-state index contributed by atoms with van der Waals surface area (Å²) in [5.41, 5.74) is 0.668. The fourth-order valence-electron chi connectivity index (χ4n) is 2.55. The van der Waals surface area contributed by atoms with E-state index in [-0.39, 0.29) is 16.6 Å². The summed E-state index contributed by atoms with van der Waals surface area (Å²) in [5, 5.41) is 19.6. The molecule has 0 radical (unpaired) electrons. The van der Waals surface area contributed by atoms with Crippen LogP contribution in [0.2, 0.25) is 0 Å². The molecule has 0 unspecified atom stereocenters. The second-order valence-electron chi connectivity index (χ2n) is 5.59. The Kier molecular flexibility index (Phi) is 6.53. The SMILES string of the molecule is CCOc1cc(/C=C2\SC(=N)[C@H](c3nccs3)C2=O)cc(Br)c1OCC(=O)O. The van der Waals surface area contributed by atoms with Gasteiger partial charge in [0.15, 0.2) is 23.9 Å². The molecule has 0 spiro atoms. The highest BCUT2D eigenvalue weighted by molar-refractivity contribution is 9.10. The average Bonchev–Trinajstić information content (AvgIpc) is 3.23. The summed E-state index contributed by atoms with van der Waals surface area (Å²) in [7, 11) is 0. The maximum Gasteiger partial charge on any atom is 0.341 e. The number of allylic oxidation sites excluding steroid dienone is 1. The van der Waals surface area contributed by atoms with Crippen LogP contribution in [0.1, 0.15) is 23.4 Å². The summed E-state index contributed by atoms with van der Waals surface area (Å²) >= 11 is 5.84. The van der Waals surface area contributed by atoms with Crippen molar-refractivity contribution in [1.82, 2.24) is 4.98 Å². The van der Waals surface area contributed by atoms with Gasteiger partial charge in [0.05, 0.1) is 21.0 Å². The first kappa shape index (κ1) is 20.6. The van der Waals surface area contributed by atoms with E-state index >= 15 is 0 Å². The number of rotatable bonds is 7. The van der Waals surface area contributed by atoms with Crippen LogP contribution in [0.25, 0.3) is 6.08 Å². The van der Waals surface area contributed by atoms with Crippen LogP contribution in [0.3, 0.4) is 0 Å². The van der Waals surface area contributed by atoms with Gasteiger partial charge in [0.25, 0.3) is 0 Å². The smallest absolute Gasteiger partial charge is 0.341 e. The van der Waals surface area contributed by atoms with Crippen molar-refractivity contribution in [3.63, 3.8) is 0 Å². The molecule has 0 bridgehead atoms. The molecule has 1 aromatic carbocycles. The number of carbonyl (C=O) groups is 2. The maximum absolute atomic E-state index is 12.8. The lowest BCUT2D eigenvalue weighted by Gasteiger charge is -2.13. The molecule has 1 saturated heterocycles. The van der Waals surface area contributed by atoms with Crippen molar-refractivity contribution in [1.29, 1.82) is 5.41 Å². The van der Waals surface area contributed by atoms with Gasteiger partial charge in [-0.3, -0.25) is 10.2 Å². The molecule has 0 saturated carbocycles. The van der Waals surface area contributed by atoms with Crippen molar-refractivity contribution in [2.75, 3.05) is 13.2 Å². The topological polar surface area (TPSA) is 110 Å². The number of hydrogen-bond donors (Lipinski definition) is 2. The lowest BCUT2D eigenvalue weighted by atomic mass is 10.0.